The van der Waals surface area contributed by atoms with Gasteiger partial charge in [-0.25, -0.2) is 8.42 Å². The molecule has 0 saturated carbocycles. The van der Waals surface area contributed by atoms with Gasteiger partial charge in [0.2, 0.25) is 0 Å². The molecule has 3 rings (SSSR count). The van der Waals surface area contributed by atoms with Gasteiger partial charge in [-0.15, -0.1) is 0 Å². The van der Waals surface area contributed by atoms with Crippen molar-refractivity contribution in [1.29, 1.82) is 0 Å². The Morgan fingerprint density at radius 3 is 2.32 bits per heavy atom. The van der Waals surface area contributed by atoms with Crippen LogP contribution in [0.15, 0.2) is 77.7 Å². The van der Waals surface area contributed by atoms with Crippen LogP contribution in [0.25, 0.3) is 0 Å². The van der Waals surface area contributed by atoms with Gasteiger partial charge in [0.05, 0.1) is 10.6 Å². The fraction of sp³-hybridized carbons (Fsp3) is 0.174. The lowest BCUT2D eigenvalue weighted by Gasteiger charge is -2.23. The number of halogens is 1. The largest absolute Gasteiger partial charge is 0.484 e. The maximum atomic E-state index is 12.9. The lowest BCUT2D eigenvalue weighted by molar-refractivity contribution is -0.118. The molecular weight excluding hydrogens is 436 g/mol. The summed E-state index contributed by atoms with van der Waals surface area (Å²) < 4.78 is 32.7. The Hall–Kier alpha value is -3.03. The van der Waals surface area contributed by atoms with E-state index in [0.717, 1.165) is 5.56 Å². The van der Waals surface area contributed by atoms with E-state index in [0.29, 0.717) is 22.1 Å². The first-order valence-electron chi connectivity index (χ1n) is 9.68. The smallest absolute Gasteiger partial charge is 0.264 e. The number of carbonyl (C=O) groups is 1. The molecule has 1 amide bonds. The molecule has 0 unspecified atom stereocenters. The van der Waals surface area contributed by atoms with Gasteiger partial charge in [0.1, 0.15) is 5.75 Å². The molecule has 0 spiro atoms. The molecule has 3 aromatic carbocycles. The number of nitrogens with zero attached hydrogens (tertiary/aromatic N) is 1. The normalized spacial score (nSPS) is 11.1. The summed E-state index contributed by atoms with van der Waals surface area (Å²) in [5.41, 5.74) is 2.03. The summed E-state index contributed by atoms with van der Waals surface area (Å²) in [4.78, 5) is 12.4. The van der Waals surface area contributed by atoms with Gasteiger partial charge in [-0.05, 0) is 74.0 Å². The van der Waals surface area contributed by atoms with Crippen LogP contribution in [0, 0.1) is 6.92 Å². The average Bonchev–Trinajstić information content (AvgIpc) is 2.76. The highest BCUT2D eigenvalue weighted by Crippen LogP contribution is 2.25. The molecule has 1 N–H and O–H groups in total. The summed E-state index contributed by atoms with van der Waals surface area (Å²) in [6.07, 6.45) is 0. The maximum absolute atomic E-state index is 12.9. The Morgan fingerprint density at radius 2 is 1.71 bits per heavy atom. The zero-order valence-corrected chi connectivity index (χ0v) is 18.8. The zero-order chi connectivity index (χ0) is 22.4. The number of ether oxygens (including phenoxy) is 1. The third-order valence-electron chi connectivity index (χ3n) is 4.58. The van der Waals surface area contributed by atoms with Gasteiger partial charge in [-0.1, -0.05) is 29.8 Å². The molecule has 0 fully saturated rings. The Kier molecular flexibility index (Phi) is 7.20. The second-order valence-corrected chi connectivity index (χ2v) is 9.07. The van der Waals surface area contributed by atoms with Crippen molar-refractivity contribution in [1.82, 2.24) is 0 Å². The monoisotopic (exact) mass is 458 g/mol. The Balaban J connectivity index is 1.65. The lowest BCUT2D eigenvalue weighted by atomic mass is 10.2. The SMILES string of the molecule is CCN(c1ccc(OCC(=O)Nc2ccc(Cl)cc2C)cc1)S(=O)(=O)c1ccccc1. The standard InChI is InChI=1S/C23H23ClN2O4S/c1-3-26(31(28,29)21-7-5-4-6-8-21)19-10-12-20(13-11-19)30-16-23(27)25-22-14-9-18(24)15-17(22)2/h4-15H,3,16H2,1-2H3,(H,25,27). The van der Waals surface area contributed by atoms with Gasteiger partial charge in [0.25, 0.3) is 15.9 Å². The minimum absolute atomic E-state index is 0.179. The summed E-state index contributed by atoms with van der Waals surface area (Å²) >= 11 is 5.92. The van der Waals surface area contributed by atoms with E-state index in [2.05, 4.69) is 5.32 Å². The Morgan fingerprint density at radius 1 is 1.03 bits per heavy atom. The van der Waals surface area contributed by atoms with Crippen LogP contribution in [-0.2, 0) is 14.8 Å². The molecule has 0 heterocycles. The first-order valence-corrected chi connectivity index (χ1v) is 11.5. The predicted octanol–water partition coefficient (Wildman–Crippen LogP) is 4.88. The highest BCUT2D eigenvalue weighted by Gasteiger charge is 2.23. The summed E-state index contributed by atoms with van der Waals surface area (Å²) in [7, 11) is -3.67. The van der Waals surface area contributed by atoms with Crippen LogP contribution >= 0.6 is 11.6 Å². The summed E-state index contributed by atoms with van der Waals surface area (Å²) in [5.74, 6) is 0.149. The van der Waals surface area contributed by atoms with Crippen molar-refractivity contribution in [2.24, 2.45) is 0 Å². The van der Waals surface area contributed by atoms with E-state index in [-0.39, 0.29) is 24.0 Å². The van der Waals surface area contributed by atoms with Gasteiger partial charge in [-0.2, -0.15) is 0 Å². The number of amides is 1. The third kappa shape index (κ3) is 5.57. The fourth-order valence-electron chi connectivity index (χ4n) is 3.02. The van der Waals surface area contributed by atoms with Crippen molar-refractivity contribution in [3.05, 3.63) is 83.4 Å². The molecule has 162 valence electrons. The molecule has 0 radical (unpaired) electrons. The van der Waals surface area contributed by atoms with E-state index in [4.69, 9.17) is 16.3 Å². The second kappa shape index (κ2) is 9.85. The third-order valence-corrected chi connectivity index (χ3v) is 6.73. The second-order valence-electron chi connectivity index (χ2n) is 6.77. The minimum Gasteiger partial charge on any atom is -0.484 e. The Labute approximate surface area is 187 Å². The number of anilines is 2. The average molecular weight is 459 g/mol. The van der Waals surface area contributed by atoms with Crippen LogP contribution in [-0.4, -0.2) is 27.5 Å². The van der Waals surface area contributed by atoms with Crippen LogP contribution in [0.4, 0.5) is 11.4 Å². The van der Waals surface area contributed by atoms with Crippen LogP contribution in [0.3, 0.4) is 0 Å². The van der Waals surface area contributed by atoms with Crippen molar-refractivity contribution in [3.8, 4) is 5.75 Å². The molecule has 0 aliphatic rings. The van der Waals surface area contributed by atoms with E-state index < -0.39 is 10.0 Å². The molecule has 0 bridgehead atoms. The summed E-state index contributed by atoms with van der Waals surface area (Å²) in [5, 5.41) is 3.37. The van der Waals surface area contributed by atoms with Gasteiger partial charge in [-0.3, -0.25) is 9.10 Å². The van der Waals surface area contributed by atoms with Crippen molar-refractivity contribution < 1.29 is 17.9 Å². The van der Waals surface area contributed by atoms with E-state index in [1.165, 1.54) is 4.31 Å². The van der Waals surface area contributed by atoms with Crippen LogP contribution < -0.4 is 14.4 Å². The first kappa shape index (κ1) is 22.7. The molecule has 0 aliphatic heterocycles. The maximum Gasteiger partial charge on any atom is 0.264 e. The van der Waals surface area contributed by atoms with Crippen LogP contribution in [0.5, 0.6) is 5.75 Å². The highest BCUT2D eigenvalue weighted by atomic mass is 35.5. The fourth-order valence-corrected chi connectivity index (χ4v) is 4.74. The van der Waals surface area contributed by atoms with E-state index >= 15 is 0 Å². The number of nitrogens with one attached hydrogen (secondary N) is 1. The van der Waals surface area contributed by atoms with Gasteiger partial charge < -0.3 is 10.1 Å². The molecule has 31 heavy (non-hydrogen) atoms. The molecule has 0 aromatic heterocycles. The number of hydrogen-bond acceptors (Lipinski definition) is 4. The van der Waals surface area contributed by atoms with Gasteiger partial charge >= 0.3 is 0 Å². The molecule has 8 heteroatoms. The van der Waals surface area contributed by atoms with Crippen LogP contribution in [0.1, 0.15) is 12.5 Å². The number of hydrogen-bond donors (Lipinski definition) is 1. The van der Waals surface area contributed by atoms with Crippen molar-refractivity contribution in [2.45, 2.75) is 18.7 Å². The van der Waals surface area contributed by atoms with Crippen molar-refractivity contribution >= 4 is 38.9 Å². The van der Waals surface area contributed by atoms with Crippen molar-refractivity contribution in [2.75, 3.05) is 22.8 Å². The molecular formula is C23H23ClN2O4S. The zero-order valence-electron chi connectivity index (χ0n) is 17.2. The number of carbonyl (C=O) groups excluding carboxylic acids is 1. The predicted molar refractivity (Wildman–Crippen MR) is 123 cm³/mol. The Bertz CT molecular complexity index is 1150. The van der Waals surface area contributed by atoms with E-state index in [9.17, 15) is 13.2 Å². The lowest BCUT2D eigenvalue weighted by Crippen LogP contribution is -2.30. The van der Waals surface area contributed by atoms with Gasteiger partial charge in [0, 0.05) is 17.3 Å². The number of rotatable bonds is 8. The topological polar surface area (TPSA) is 75.7 Å². The molecule has 0 aliphatic carbocycles. The van der Waals surface area contributed by atoms with Gasteiger partial charge in [0.15, 0.2) is 6.61 Å². The molecule has 0 saturated heterocycles. The summed E-state index contributed by atoms with van der Waals surface area (Å²) in [6, 6.07) is 20.1. The minimum atomic E-state index is -3.67. The number of aryl methyl sites for hydroxylation is 1. The van der Waals surface area contributed by atoms with Crippen molar-refractivity contribution in [3.63, 3.8) is 0 Å². The molecule has 0 atom stereocenters. The summed E-state index contributed by atoms with van der Waals surface area (Å²) in [6.45, 7) is 3.72. The van der Waals surface area contributed by atoms with Crippen LogP contribution in [0.2, 0.25) is 5.02 Å². The molecule has 6 nitrogen and oxygen atoms in total. The highest BCUT2D eigenvalue weighted by molar-refractivity contribution is 7.92. The number of sulfonamides is 1. The first-order chi connectivity index (χ1) is 14.8. The quantitative estimate of drug-likeness (QED) is 0.522. The van der Waals surface area contributed by atoms with E-state index in [1.807, 2.05) is 6.92 Å². The number of benzene rings is 3. The molecule has 3 aromatic rings. The van der Waals surface area contributed by atoms with E-state index in [1.54, 1.807) is 79.7 Å².